The van der Waals surface area contributed by atoms with E-state index in [0.29, 0.717) is 4.48 Å². The molecule has 7 nitrogen and oxygen atoms in total. The fourth-order valence-electron chi connectivity index (χ4n) is 4.47. The molecule has 0 aromatic carbocycles. The third-order valence-electron chi connectivity index (χ3n) is 6.77. The number of aliphatic hydroxyl groups excluding tert-OH is 2. The normalized spacial score (nSPS) is 15.3. The summed E-state index contributed by atoms with van der Waals surface area (Å²) in [6, 6.07) is 0. The Bertz CT molecular complexity index is 517. The molecule has 0 aromatic rings. The molecule has 0 fully saturated rings. The van der Waals surface area contributed by atoms with Gasteiger partial charge in [-0.3, -0.25) is 8.67 Å². The van der Waals surface area contributed by atoms with Crippen LogP contribution in [0.5, 0.6) is 0 Å². The highest BCUT2D eigenvalue weighted by atomic mass is 32.3. The van der Waals surface area contributed by atoms with E-state index in [9.17, 15) is 23.2 Å². The molecule has 0 aromatic heterocycles. The summed E-state index contributed by atoms with van der Waals surface area (Å²) in [7, 11) is -4.42. The second-order valence-electron chi connectivity index (χ2n) is 9.52. The minimum Gasteiger partial charge on any atom is -0.726 e. The van der Waals surface area contributed by atoms with Gasteiger partial charge in [0.15, 0.2) is 12.5 Å². The summed E-state index contributed by atoms with van der Waals surface area (Å²) < 4.78 is 32.4. The standard InChI is InChI=1S/C24H52NO2.C2H6O4S/c1-5-7-8-9-10-11-12-13-14-15-16-17-18-19-20-21-22-25(6-2,23(3)26)24(4)27;1-2-6-7(3,4)5/h23-24,26-27H,5-22H2,1-4H3;2H2,1H3,(H,3,4,5)/q+1;/p-1. The Kier molecular flexibility index (Phi) is 24.5. The molecule has 2 N–H and O–H groups in total. The van der Waals surface area contributed by atoms with E-state index in [1.165, 1.54) is 103 Å². The summed E-state index contributed by atoms with van der Waals surface area (Å²) in [6.45, 7) is 11.0. The van der Waals surface area contributed by atoms with Gasteiger partial charge in [0, 0.05) is 13.8 Å². The zero-order valence-corrected chi connectivity index (χ0v) is 23.8. The monoisotopic (exact) mass is 511 g/mol. The maximum atomic E-state index is 10.1. The lowest BCUT2D eigenvalue weighted by molar-refractivity contribution is -1.00. The SMILES string of the molecule is CCCCCCCCCCCCCCCCCC[N+](CC)(C(C)O)C(C)O.CCOS(=O)(=O)[O-]. The van der Waals surface area contributed by atoms with Crippen LogP contribution in [0.3, 0.4) is 0 Å². The molecule has 0 spiro atoms. The summed E-state index contributed by atoms with van der Waals surface area (Å²) in [5.41, 5.74) is 0. The van der Waals surface area contributed by atoms with Crippen molar-refractivity contribution in [2.24, 2.45) is 0 Å². The molecular formula is C26H57NO6S. The van der Waals surface area contributed by atoms with Gasteiger partial charge in [0.1, 0.15) is 0 Å². The van der Waals surface area contributed by atoms with Crippen LogP contribution in [-0.2, 0) is 14.6 Å². The average Bonchev–Trinajstić information content (AvgIpc) is 2.75. The third-order valence-corrected chi connectivity index (χ3v) is 7.29. The van der Waals surface area contributed by atoms with Gasteiger partial charge in [0.25, 0.3) is 0 Å². The van der Waals surface area contributed by atoms with E-state index in [0.717, 1.165) is 19.5 Å². The van der Waals surface area contributed by atoms with Crippen LogP contribution in [0.15, 0.2) is 0 Å². The molecule has 208 valence electrons. The number of quaternary nitrogens is 1. The van der Waals surface area contributed by atoms with E-state index in [1.54, 1.807) is 0 Å². The van der Waals surface area contributed by atoms with Gasteiger partial charge in [-0.2, -0.15) is 0 Å². The highest BCUT2D eigenvalue weighted by molar-refractivity contribution is 7.80. The zero-order chi connectivity index (χ0) is 26.3. The van der Waals surface area contributed by atoms with E-state index < -0.39 is 22.9 Å². The Balaban J connectivity index is 0. The van der Waals surface area contributed by atoms with Crippen LogP contribution < -0.4 is 0 Å². The first-order valence-electron chi connectivity index (χ1n) is 13.9. The Labute approximate surface area is 211 Å². The summed E-state index contributed by atoms with van der Waals surface area (Å²) in [5.74, 6) is 0. The quantitative estimate of drug-likeness (QED) is 0.0585. The molecule has 0 amide bonds. The minimum atomic E-state index is -4.42. The maximum absolute atomic E-state index is 10.1. The summed E-state index contributed by atoms with van der Waals surface area (Å²) in [6.07, 6.45) is 21.0. The maximum Gasteiger partial charge on any atom is 0.217 e. The van der Waals surface area contributed by atoms with Crippen LogP contribution in [-0.4, -0.2) is 59.8 Å². The molecule has 0 aliphatic carbocycles. The second kappa shape index (κ2) is 23.2. The lowest BCUT2D eigenvalue weighted by atomic mass is 10.0. The summed E-state index contributed by atoms with van der Waals surface area (Å²) in [5, 5.41) is 20.1. The minimum absolute atomic E-state index is 0.0914. The summed E-state index contributed by atoms with van der Waals surface area (Å²) in [4.78, 5) is 0. The lowest BCUT2D eigenvalue weighted by Crippen LogP contribution is -2.60. The lowest BCUT2D eigenvalue weighted by Gasteiger charge is -2.42. The van der Waals surface area contributed by atoms with Crippen molar-refractivity contribution in [1.82, 2.24) is 0 Å². The molecule has 0 radical (unpaired) electrons. The molecule has 34 heavy (non-hydrogen) atoms. The topological polar surface area (TPSA) is 107 Å². The third kappa shape index (κ3) is 21.1. The molecule has 0 bridgehead atoms. The van der Waals surface area contributed by atoms with Gasteiger partial charge >= 0.3 is 0 Å². The van der Waals surface area contributed by atoms with Gasteiger partial charge in [-0.15, -0.1) is 0 Å². The molecule has 2 unspecified atom stereocenters. The van der Waals surface area contributed by atoms with Crippen LogP contribution in [0, 0.1) is 0 Å². The van der Waals surface area contributed by atoms with Crippen LogP contribution in [0.4, 0.5) is 0 Å². The molecule has 8 heteroatoms. The van der Waals surface area contributed by atoms with Gasteiger partial charge in [-0.25, -0.2) is 8.42 Å². The van der Waals surface area contributed by atoms with E-state index in [1.807, 2.05) is 13.8 Å². The molecule has 0 heterocycles. The van der Waals surface area contributed by atoms with Gasteiger partial charge in [-0.1, -0.05) is 96.8 Å². The van der Waals surface area contributed by atoms with Crippen molar-refractivity contribution >= 4 is 10.4 Å². The van der Waals surface area contributed by atoms with E-state index in [-0.39, 0.29) is 6.61 Å². The van der Waals surface area contributed by atoms with Crippen molar-refractivity contribution in [1.29, 1.82) is 0 Å². The van der Waals surface area contributed by atoms with E-state index in [4.69, 9.17) is 0 Å². The van der Waals surface area contributed by atoms with Crippen molar-refractivity contribution < 1.29 is 31.8 Å². The zero-order valence-electron chi connectivity index (χ0n) is 23.0. The highest BCUT2D eigenvalue weighted by Gasteiger charge is 2.35. The first-order chi connectivity index (χ1) is 16.1. The van der Waals surface area contributed by atoms with E-state index in [2.05, 4.69) is 18.0 Å². The Hall–Kier alpha value is -0.250. The molecule has 0 rings (SSSR count). The van der Waals surface area contributed by atoms with Gasteiger partial charge in [0.2, 0.25) is 10.4 Å². The average molecular weight is 512 g/mol. The second-order valence-corrected chi connectivity index (χ2v) is 10.6. The van der Waals surface area contributed by atoms with Gasteiger partial charge < -0.3 is 14.8 Å². The predicted octanol–water partition coefficient (Wildman–Crippen LogP) is 6.24. The molecule has 0 saturated heterocycles. The number of unbranched alkanes of at least 4 members (excludes halogenated alkanes) is 15. The molecular weight excluding hydrogens is 454 g/mol. The Morgan fingerprint density at radius 3 is 1.21 bits per heavy atom. The van der Waals surface area contributed by atoms with Crippen molar-refractivity contribution in [3.63, 3.8) is 0 Å². The van der Waals surface area contributed by atoms with Crippen molar-refractivity contribution in [3.05, 3.63) is 0 Å². The fourth-order valence-corrected chi connectivity index (χ4v) is 4.76. The fraction of sp³-hybridized carbons (Fsp3) is 1.00. The van der Waals surface area contributed by atoms with Crippen LogP contribution in [0.2, 0.25) is 0 Å². The van der Waals surface area contributed by atoms with Gasteiger partial charge in [0.05, 0.1) is 19.7 Å². The van der Waals surface area contributed by atoms with Crippen LogP contribution in [0.1, 0.15) is 137 Å². The number of hydrogen-bond donors (Lipinski definition) is 2. The molecule has 2 atom stereocenters. The first kappa shape index (κ1) is 35.9. The molecule has 0 saturated carbocycles. The van der Waals surface area contributed by atoms with Crippen molar-refractivity contribution in [3.8, 4) is 0 Å². The van der Waals surface area contributed by atoms with Crippen molar-refractivity contribution in [2.45, 2.75) is 150 Å². The smallest absolute Gasteiger partial charge is 0.217 e. The number of nitrogens with zero attached hydrogens (tertiary/aromatic N) is 1. The van der Waals surface area contributed by atoms with Crippen LogP contribution >= 0.6 is 0 Å². The molecule has 0 aliphatic heterocycles. The highest BCUT2D eigenvalue weighted by Crippen LogP contribution is 2.19. The van der Waals surface area contributed by atoms with E-state index >= 15 is 0 Å². The molecule has 0 aliphatic rings. The number of aliphatic hydroxyl groups is 2. The van der Waals surface area contributed by atoms with Gasteiger partial charge in [-0.05, 0) is 26.7 Å². The Morgan fingerprint density at radius 2 is 1.00 bits per heavy atom. The predicted molar refractivity (Wildman–Crippen MR) is 140 cm³/mol. The number of hydrogen-bond acceptors (Lipinski definition) is 6. The van der Waals surface area contributed by atoms with Crippen LogP contribution in [0.25, 0.3) is 0 Å². The Morgan fingerprint density at radius 1 is 0.676 bits per heavy atom. The summed E-state index contributed by atoms with van der Waals surface area (Å²) >= 11 is 0. The first-order valence-corrected chi connectivity index (χ1v) is 15.2. The largest absolute Gasteiger partial charge is 0.726 e. The number of rotatable bonds is 22. The van der Waals surface area contributed by atoms with Crippen molar-refractivity contribution in [2.75, 3.05) is 19.7 Å².